The third-order valence-electron chi connectivity index (χ3n) is 3.92. The van der Waals surface area contributed by atoms with Gasteiger partial charge in [-0.3, -0.25) is 14.4 Å². The summed E-state index contributed by atoms with van der Waals surface area (Å²) in [6.07, 6.45) is 1.12. The Morgan fingerprint density at radius 1 is 1.38 bits per heavy atom. The maximum atomic E-state index is 12.0. The van der Waals surface area contributed by atoms with Crippen molar-refractivity contribution in [3.63, 3.8) is 0 Å². The van der Waals surface area contributed by atoms with E-state index in [4.69, 9.17) is 11.6 Å². The second-order valence-electron chi connectivity index (χ2n) is 5.76. The van der Waals surface area contributed by atoms with Gasteiger partial charge in [0.2, 0.25) is 11.8 Å². The van der Waals surface area contributed by atoms with Crippen LogP contribution in [0.4, 0.5) is 0 Å². The Balaban J connectivity index is 1.76. The van der Waals surface area contributed by atoms with Crippen molar-refractivity contribution in [2.24, 2.45) is 0 Å². The number of rotatable bonds is 7. The zero-order valence-corrected chi connectivity index (χ0v) is 14.3. The highest BCUT2D eigenvalue weighted by Crippen LogP contribution is 2.15. The molecule has 1 aliphatic heterocycles. The van der Waals surface area contributed by atoms with Gasteiger partial charge in [0.25, 0.3) is 0 Å². The van der Waals surface area contributed by atoms with Gasteiger partial charge in [-0.05, 0) is 24.1 Å². The van der Waals surface area contributed by atoms with Gasteiger partial charge in [-0.15, -0.1) is 0 Å². The summed E-state index contributed by atoms with van der Waals surface area (Å²) in [5.74, 6) is -0.638. The van der Waals surface area contributed by atoms with Crippen molar-refractivity contribution in [3.8, 4) is 0 Å². The topological polar surface area (TPSA) is 75.7 Å². The van der Waals surface area contributed by atoms with Crippen LogP contribution in [0.25, 0.3) is 0 Å². The Labute approximate surface area is 146 Å². The van der Waals surface area contributed by atoms with E-state index in [0.717, 1.165) is 12.0 Å². The standard InChI is InChI=1S/C17H21ClN2O4/c1-24-17(23)6-5-15(21)19-14-10-16(22)20(11-14)8-7-12-3-2-4-13(18)9-12/h2-4,9,14H,5-8,10-11H2,1H3,(H,19,21)/t14-/m1/s1. The number of nitrogens with zero attached hydrogens (tertiary/aromatic N) is 1. The van der Waals surface area contributed by atoms with Crippen LogP contribution in [-0.2, 0) is 25.5 Å². The van der Waals surface area contributed by atoms with E-state index >= 15 is 0 Å². The van der Waals surface area contributed by atoms with Crippen molar-refractivity contribution in [1.29, 1.82) is 0 Å². The first-order chi connectivity index (χ1) is 11.5. The molecule has 1 aliphatic rings. The Hall–Kier alpha value is -2.08. The SMILES string of the molecule is COC(=O)CCC(=O)N[C@@H]1CC(=O)N(CCc2cccc(Cl)c2)C1. The minimum absolute atomic E-state index is 0.0234. The van der Waals surface area contributed by atoms with Gasteiger partial charge >= 0.3 is 5.97 Å². The molecule has 1 atom stereocenters. The lowest BCUT2D eigenvalue weighted by molar-refractivity contribution is -0.142. The first kappa shape index (κ1) is 18.3. The zero-order chi connectivity index (χ0) is 17.5. The van der Waals surface area contributed by atoms with Gasteiger partial charge in [0.15, 0.2) is 0 Å². The van der Waals surface area contributed by atoms with Crippen molar-refractivity contribution >= 4 is 29.4 Å². The number of amides is 2. The molecule has 1 saturated heterocycles. The van der Waals surface area contributed by atoms with E-state index in [1.807, 2.05) is 24.3 Å². The quantitative estimate of drug-likeness (QED) is 0.755. The summed E-state index contributed by atoms with van der Waals surface area (Å²) in [5.41, 5.74) is 1.07. The molecular weight excluding hydrogens is 332 g/mol. The van der Waals surface area contributed by atoms with Crippen molar-refractivity contribution in [1.82, 2.24) is 10.2 Å². The van der Waals surface area contributed by atoms with Gasteiger partial charge < -0.3 is 15.0 Å². The maximum absolute atomic E-state index is 12.0. The van der Waals surface area contributed by atoms with Gasteiger partial charge in [0, 0.05) is 31.0 Å². The summed E-state index contributed by atoms with van der Waals surface area (Å²) in [5, 5.41) is 3.47. The molecule has 1 aromatic carbocycles. The van der Waals surface area contributed by atoms with E-state index in [0.29, 0.717) is 24.5 Å². The molecule has 0 bridgehead atoms. The van der Waals surface area contributed by atoms with E-state index in [2.05, 4.69) is 10.1 Å². The molecule has 1 heterocycles. The highest BCUT2D eigenvalue weighted by molar-refractivity contribution is 6.30. The molecular formula is C17H21ClN2O4. The number of ether oxygens (including phenoxy) is 1. The molecule has 0 aliphatic carbocycles. The molecule has 130 valence electrons. The number of carbonyl (C=O) groups is 3. The summed E-state index contributed by atoms with van der Waals surface area (Å²) in [6.45, 7) is 1.08. The van der Waals surface area contributed by atoms with Crippen molar-refractivity contribution in [2.45, 2.75) is 31.7 Å². The van der Waals surface area contributed by atoms with Crippen LogP contribution in [0, 0.1) is 0 Å². The molecule has 0 radical (unpaired) electrons. The lowest BCUT2D eigenvalue weighted by Crippen LogP contribution is -2.37. The third-order valence-corrected chi connectivity index (χ3v) is 4.16. The van der Waals surface area contributed by atoms with Crippen molar-refractivity contribution in [2.75, 3.05) is 20.2 Å². The number of nitrogens with one attached hydrogen (secondary N) is 1. The van der Waals surface area contributed by atoms with Crippen LogP contribution in [0.3, 0.4) is 0 Å². The summed E-state index contributed by atoms with van der Waals surface area (Å²) < 4.78 is 4.50. The van der Waals surface area contributed by atoms with Gasteiger partial charge in [-0.25, -0.2) is 0 Å². The average molecular weight is 353 g/mol. The largest absolute Gasteiger partial charge is 0.469 e. The molecule has 2 rings (SSSR count). The average Bonchev–Trinajstić information content (AvgIpc) is 2.90. The molecule has 0 spiro atoms. The lowest BCUT2D eigenvalue weighted by Gasteiger charge is -2.17. The molecule has 0 unspecified atom stereocenters. The zero-order valence-electron chi connectivity index (χ0n) is 13.6. The Kier molecular flexibility index (Phi) is 6.61. The van der Waals surface area contributed by atoms with Crippen LogP contribution < -0.4 is 5.32 Å². The van der Waals surface area contributed by atoms with E-state index in [-0.39, 0.29) is 30.7 Å². The normalized spacial score (nSPS) is 17.0. The first-order valence-corrected chi connectivity index (χ1v) is 8.24. The molecule has 1 aromatic rings. The van der Waals surface area contributed by atoms with Crippen LogP contribution in [0.2, 0.25) is 5.02 Å². The van der Waals surface area contributed by atoms with Gasteiger partial charge in [0.05, 0.1) is 19.6 Å². The van der Waals surface area contributed by atoms with Crippen molar-refractivity contribution < 1.29 is 19.1 Å². The predicted molar refractivity (Wildman–Crippen MR) is 89.5 cm³/mol. The molecule has 7 heteroatoms. The number of halogens is 1. The summed E-state index contributed by atoms with van der Waals surface area (Å²) >= 11 is 5.95. The summed E-state index contributed by atoms with van der Waals surface area (Å²) in [4.78, 5) is 36.6. The van der Waals surface area contributed by atoms with E-state index < -0.39 is 5.97 Å². The van der Waals surface area contributed by atoms with Crippen LogP contribution in [0.1, 0.15) is 24.8 Å². The number of methoxy groups -OCH3 is 1. The number of esters is 1. The van der Waals surface area contributed by atoms with Gasteiger partial charge in [-0.2, -0.15) is 0 Å². The fraction of sp³-hybridized carbons (Fsp3) is 0.471. The Bertz CT molecular complexity index is 620. The molecule has 1 N–H and O–H groups in total. The fourth-order valence-corrected chi connectivity index (χ4v) is 2.87. The highest BCUT2D eigenvalue weighted by atomic mass is 35.5. The minimum Gasteiger partial charge on any atom is -0.469 e. The Morgan fingerprint density at radius 3 is 2.88 bits per heavy atom. The number of likely N-dealkylation sites (tertiary alicyclic amines) is 1. The maximum Gasteiger partial charge on any atom is 0.306 e. The third kappa shape index (κ3) is 5.53. The van der Waals surface area contributed by atoms with Crippen LogP contribution >= 0.6 is 11.6 Å². The predicted octanol–water partition coefficient (Wildman–Crippen LogP) is 1.55. The summed E-state index contributed by atoms with van der Waals surface area (Å²) in [7, 11) is 1.29. The monoisotopic (exact) mass is 352 g/mol. The van der Waals surface area contributed by atoms with E-state index in [9.17, 15) is 14.4 Å². The second-order valence-corrected chi connectivity index (χ2v) is 6.20. The first-order valence-electron chi connectivity index (χ1n) is 7.86. The molecule has 0 aromatic heterocycles. The molecule has 6 nitrogen and oxygen atoms in total. The number of hydrogen-bond acceptors (Lipinski definition) is 4. The van der Waals surface area contributed by atoms with Crippen LogP contribution in [0.15, 0.2) is 24.3 Å². The molecule has 24 heavy (non-hydrogen) atoms. The minimum atomic E-state index is -0.421. The van der Waals surface area contributed by atoms with Crippen molar-refractivity contribution in [3.05, 3.63) is 34.9 Å². The van der Waals surface area contributed by atoms with Gasteiger partial charge in [0.1, 0.15) is 0 Å². The van der Waals surface area contributed by atoms with Crippen LogP contribution in [-0.4, -0.2) is 48.9 Å². The molecule has 0 saturated carbocycles. The molecule has 2 amide bonds. The van der Waals surface area contributed by atoms with E-state index in [1.54, 1.807) is 4.90 Å². The Morgan fingerprint density at radius 2 is 2.17 bits per heavy atom. The van der Waals surface area contributed by atoms with Crippen LogP contribution in [0.5, 0.6) is 0 Å². The number of benzene rings is 1. The number of hydrogen-bond donors (Lipinski definition) is 1. The summed E-state index contributed by atoms with van der Waals surface area (Å²) in [6, 6.07) is 7.34. The fourth-order valence-electron chi connectivity index (χ4n) is 2.66. The molecule has 1 fully saturated rings. The second kappa shape index (κ2) is 8.68. The highest BCUT2D eigenvalue weighted by Gasteiger charge is 2.30. The lowest BCUT2D eigenvalue weighted by atomic mass is 10.1. The number of carbonyl (C=O) groups excluding carboxylic acids is 3. The van der Waals surface area contributed by atoms with Gasteiger partial charge in [-0.1, -0.05) is 23.7 Å². The van der Waals surface area contributed by atoms with E-state index in [1.165, 1.54) is 7.11 Å². The smallest absolute Gasteiger partial charge is 0.306 e.